The van der Waals surface area contributed by atoms with Crippen LogP contribution in [0.15, 0.2) is 358 Å². The van der Waals surface area contributed by atoms with Gasteiger partial charge in [0.15, 0.2) is 16.1 Å². The number of rotatable bonds is 13. The van der Waals surface area contributed by atoms with Crippen molar-refractivity contribution in [2.75, 3.05) is 0 Å². The van der Waals surface area contributed by atoms with Gasteiger partial charge in [0.05, 0.1) is 16.7 Å². The molecule has 0 amide bonds. The number of imidazole rings is 1. The number of hydrogen-bond donors (Lipinski definition) is 0. The van der Waals surface area contributed by atoms with Gasteiger partial charge in [-0.1, -0.05) is 330 Å². The molecule has 4 heterocycles. The third-order valence-electron chi connectivity index (χ3n) is 20.7. The first-order valence-electron chi connectivity index (χ1n) is 34.7. The molecule has 1 aliphatic heterocycles. The third kappa shape index (κ3) is 10.6. The van der Waals surface area contributed by atoms with Gasteiger partial charge in [0.1, 0.15) is 5.82 Å². The van der Waals surface area contributed by atoms with E-state index in [0.717, 1.165) is 94.5 Å². The van der Waals surface area contributed by atoms with Crippen LogP contribution in [0.5, 0.6) is 11.5 Å². The SMILES string of the molecule is CC(C)(C)c1ccnc(-n2c3[c-]c(Oc4[c-]c(-n5[c-][n+]6c7c(cccc75)-c5ccccc5-c5cc([Si](c7ccccc7)(c7ccccc7)c7ccccc7)ccc5-c5cccc(-c7ccc([Si](c8ccccc8)(c8ccccc8)c8ccccc8)cc7)c5-6)ccc4)ccc3c3ccccc32)c1.[Pt]. The van der Waals surface area contributed by atoms with Crippen molar-refractivity contribution in [1.82, 2.24) is 14.1 Å². The number of para-hydroxylation sites is 3. The quantitative estimate of drug-likeness (QED) is 0.0499. The van der Waals surface area contributed by atoms with Crippen LogP contribution in [0.4, 0.5) is 0 Å². The first kappa shape index (κ1) is 63.8. The minimum atomic E-state index is -3.02. The van der Waals surface area contributed by atoms with E-state index in [-0.39, 0.29) is 26.5 Å². The van der Waals surface area contributed by atoms with E-state index in [1.165, 1.54) is 47.1 Å². The molecule has 0 saturated carbocycles. The van der Waals surface area contributed by atoms with E-state index >= 15 is 0 Å². The van der Waals surface area contributed by atoms with Gasteiger partial charge < -0.3 is 13.9 Å². The second-order valence-corrected chi connectivity index (χ2v) is 34.9. The predicted molar refractivity (Wildman–Crippen MR) is 421 cm³/mol. The van der Waals surface area contributed by atoms with Gasteiger partial charge >= 0.3 is 0 Å². The molecule has 0 saturated heterocycles. The molecular weight excluding hydrogens is 1450 g/mol. The Labute approximate surface area is 611 Å². The Balaban J connectivity index is 0.00000774. The molecule has 1 aliphatic rings. The van der Waals surface area contributed by atoms with Crippen molar-refractivity contribution in [3.05, 3.63) is 382 Å². The smallest absolute Gasteiger partial charge is 0.268 e. The normalized spacial score (nSPS) is 12.0. The standard InChI is InChI=1S/C94H68N4OSi2.Pt/c1-94(2,3)67-59-60-95-91(61-67)98-88-49-25-24-45-83(88)84-57-53-70(63-90(84)98)99-69-30-26-29-68(62-69)96-65-97-92-79(66-51-54-77(55-52-66)100(71-31-10-4-11-32-71,72-33-12-5-13-34-72)73-35-14-6-15-36-73)46-27-47-85(92)82-58-56-78(64-87(82)81-44-23-22-43-80(81)86-48-28-50-89(96)93(86)97)101(74-37-16-7-17-38-74,75-39-18-8-19-40-75)76-41-20-9-21-42-76;/h4-61,64H,1-3H3;/q-2;. The van der Waals surface area contributed by atoms with Crippen LogP contribution in [0.3, 0.4) is 0 Å². The van der Waals surface area contributed by atoms with Gasteiger partial charge in [-0.05, 0) is 126 Å². The molecule has 0 fully saturated rings. The average molecular weight is 1520 g/mol. The largest absolute Gasteiger partial charge is 0.510 e. The number of pyridine rings is 1. The Hall–Kier alpha value is -11.6. The topological polar surface area (TPSA) is 35.9 Å². The monoisotopic (exact) mass is 1520 g/mol. The van der Waals surface area contributed by atoms with Crippen molar-refractivity contribution in [2.24, 2.45) is 0 Å². The van der Waals surface area contributed by atoms with E-state index < -0.39 is 16.1 Å². The minimum absolute atomic E-state index is 0. The summed E-state index contributed by atoms with van der Waals surface area (Å²) < 4.78 is 13.7. The van der Waals surface area contributed by atoms with Gasteiger partial charge in [0.2, 0.25) is 0 Å². The van der Waals surface area contributed by atoms with Crippen molar-refractivity contribution in [3.63, 3.8) is 0 Å². The summed E-state index contributed by atoms with van der Waals surface area (Å²) in [6.45, 7) is 6.71. The van der Waals surface area contributed by atoms with E-state index in [4.69, 9.17) is 9.72 Å². The number of hydrogen-bond acceptors (Lipinski definition) is 2. The molecule has 18 rings (SSSR count). The van der Waals surface area contributed by atoms with Crippen LogP contribution in [0.1, 0.15) is 26.3 Å². The Morgan fingerprint density at radius 1 is 0.363 bits per heavy atom. The number of nitrogens with zero attached hydrogens (tertiary/aromatic N) is 4. The molecule has 0 radical (unpaired) electrons. The van der Waals surface area contributed by atoms with Crippen molar-refractivity contribution >= 4 is 90.5 Å². The Kier molecular flexibility index (Phi) is 16.4. The predicted octanol–water partition coefficient (Wildman–Crippen LogP) is 16.6. The van der Waals surface area contributed by atoms with Crippen LogP contribution in [0.25, 0.3) is 94.5 Å². The van der Waals surface area contributed by atoms with E-state index in [2.05, 4.69) is 387 Å². The zero-order valence-electron chi connectivity index (χ0n) is 56.6. The molecule has 0 atom stereocenters. The first-order valence-corrected chi connectivity index (χ1v) is 38.7. The molecule has 490 valence electrons. The number of ether oxygens (including phenoxy) is 1. The van der Waals surface area contributed by atoms with Crippen molar-refractivity contribution in [3.8, 4) is 73.2 Å². The zero-order valence-corrected chi connectivity index (χ0v) is 60.8. The van der Waals surface area contributed by atoms with Crippen LogP contribution >= 0.6 is 0 Å². The molecule has 5 nitrogen and oxygen atoms in total. The first-order chi connectivity index (χ1) is 49.7. The fraction of sp³-hybridized carbons (Fsp3) is 0.0426. The summed E-state index contributed by atoms with van der Waals surface area (Å²) >= 11 is 0. The van der Waals surface area contributed by atoms with Gasteiger partial charge in [-0.3, -0.25) is 4.57 Å². The van der Waals surface area contributed by atoms with E-state index in [1.807, 2.05) is 24.4 Å². The van der Waals surface area contributed by atoms with E-state index in [1.54, 1.807) is 0 Å². The zero-order chi connectivity index (χ0) is 67.7. The number of benzene rings is 14. The number of aromatic nitrogens is 4. The van der Waals surface area contributed by atoms with Gasteiger partial charge in [-0.2, -0.15) is 18.2 Å². The van der Waals surface area contributed by atoms with Crippen LogP contribution < -0.4 is 50.8 Å². The third-order valence-corrected chi connectivity index (χ3v) is 30.2. The van der Waals surface area contributed by atoms with Crippen LogP contribution in [0.2, 0.25) is 0 Å². The molecule has 0 aliphatic carbocycles. The molecule has 0 unspecified atom stereocenters. The minimum Gasteiger partial charge on any atom is -0.510 e. The molecule has 0 spiro atoms. The summed E-state index contributed by atoms with van der Waals surface area (Å²) in [6.07, 6.45) is 6.00. The maximum atomic E-state index is 6.93. The van der Waals surface area contributed by atoms with Crippen molar-refractivity contribution in [2.45, 2.75) is 26.2 Å². The molecular formula is C94H68N4OPtSi2-2. The molecule has 0 N–H and O–H groups in total. The van der Waals surface area contributed by atoms with Crippen LogP contribution in [0, 0.1) is 18.5 Å². The second-order valence-electron chi connectivity index (χ2n) is 27.3. The van der Waals surface area contributed by atoms with Crippen LogP contribution in [-0.2, 0) is 26.5 Å². The molecule has 8 heteroatoms. The summed E-state index contributed by atoms with van der Waals surface area (Å²) in [6, 6.07) is 137. The summed E-state index contributed by atoms with van der Waals surface area (Å²) in [5.74, 6) is 1.95. The van der Waals surface area contributed by atoms with Crippen molar-refractivity contribution in [1.29, 1.82) is 0 Å². The molecule has 102 heavy (non-hydrogen) atoms. The molecule has 17 aromatic rings. The maximum Gasteiger partial charge on any atom is 0.268 e. The molecule has 14 aromatic carbocycles. The van der Waals surface area contributed by atoms with Gasteiger partial charge in [0, 0.05) is 44.3 Å². The Morgan fingerprint density at radius 3 is 1.42 bits per heavy atom. The Bertz CT molecular complexity index is 5760. The van der Waals surface area contributed by atoms with E-state index in [0.29, 0.717) is 11.5 Å². The van der Waals surface area contributed by atoms with Gasteiger partial charge in [0.25, 0.3) is 6.33 Å². The van der Waals surface area contributed by atoms with Crippen LogP contribution in [-0.4, -0.2) is 30.3 Å². The summed E-state index contributed by atoms with van der Waals surface area (Å²) in [5.41, 5.74) is 15.7. The fourth-order valence-electron chi connectivity index (χ4n) is 16.1. The van der Waals surface area contributed by atoms with Crippen molar-refractivity contribution < 1.29 is 30.4 Å². The maximum absolute atomic E-state index is 6.93. The van der Waals surface area contributed by atoms with Gasteiger partial charge in [-0.15, -0.1) is 29.7 Å². The Morgan fingerprint density at radius 2 is 0.824 bits per heavy atom. The summed E-state index contributed by atoms with van der Waals surface area (Å²) in [5, 5.41) is 12.7. The second kappa shape index (κ2) is 26.2. The average Bonchev–Trinajstić information content (AvgIpc) is 1.41. The van der Waals surface area contributed by atoms with E-state index in [9.17, 15) is 0 Å². The summed E-state index contributed by atoms with van der Waals surface area (Å²) in [4.78, 5) is 4.95. The molecule has 3 aromatic heterocycles. The van der Waals surface area contributed by atoms with Gasteiger partial charge in [-0.25, -0.2) is 4.98 Å². The molecule has 0 bridgehead atoms. The number of fused-ring (bicyclic) bond motifs is 10. The fourth-order valence-corrected chi connectivity index (χ4v) is 25.6. The summed E-state index contributed by atoms with van der Waals surface area (Å²) in [7, 11) is -5.90.